The molecule has 4 aliphatic rings. The van der Waals surface area contributed by atoms with Gasteiger partial charge in [-0.05, 0) is 74.0 Å². The Balaban J connectivity index is 1.15. The first-order valence-corrected chi connectivity index (χ1v) is 22.6. The number of methoxy groups -OCH3 is 1. The molecule has 6 aromatic rings. The predicted octanol–water partition coefficient (Wildman–Crippen LogP) is 8.13. The molecular weight excluding hydrogens is 896 g/mol. The fourth-order valence-electron chi connectivity index (χ4n) is 8.16. The van der Waals surface area contributed by atoms with Crippen molar-refractivity contribution in [2.45, 2.75) is 39.1 Å². The number of carboxylic acid groups (broad SMARTS) is 1. The van der Waals surface area contributed by atoms with Crippen LogP contribution in [-0.2, 0) is 27.3 Å². The van der Waals surface area contributed by atoms with Gasteiger partial charge in [0.2, 0.25) is 12.0 Å². The first kappa shape index (κ1) is 44.3. The van der Waals surface area contributed by atoms with Crippen molar-refractivity contribution in [3.05, 3.63) is 105 Å². The molecule has 4 aliphatic heterocycles. The number of piperazine rings is 1. The number of thiophene rings is 1. The van der Waals surface area contributed by atoms with Crippen molar-refractivity contribution in [2.75, 3.05) is 66.7 Å². The third-order valence-electron chi connectivity index (χ3n) is 11.6. The van der Waals surface area contributed by atoms with E-state index < -0.39 is 18.2 Å². The molecule has 338 valence electrons. The minimum absolute atomic E-state index is 0.0416. The van der Waals surface area contributed by atoms with Crippen molar-refractivity contribution >= 4 is 56.5 Å². The van der Waals surface area contributed by atoms with Crippen LogP contribution in [0.25, 0.3) is 38.5 Å². The molecule has 0 radical (unpaired) electrons. The number of hydrogen-bond donors (Lipinski definition) is 1. The maximum Gasteiger partial charge on any atom is 0.345 e. The van der Waals surface area contributed by atoms with E-state index in [1.807, 2.05) is 38.1 Å². The van der Waals surface area contributed by atoms with Gasteiger partial charge in [-0.15, -0.1) is 11.3 Å². The summed E-state index contributed by atoms with van der Waals surface area (Å²) in [6.45, 7) is 8.69. The third kappa shape index (κ3) is 9.31. The summed E-state index contributed by atoms with van der Waals surface area (Å²) < 4.78 is 43.7. The Morgan fingerprint density at radius 2 is 1.74 bits per heavy atom. The molecule has 4 bridgehead atoms. The van der Waals surface area contributed by atoms with Crippen molar-refractivity contribution in [3.8, 4) is 51.4 Å². The van der Waals surface area contributed by atoms with E-state index in [0.717, 1.165) is 31.7 Å². The molecule has 3 aromatic heterocycles. The molecule has 0 amide bonds. The molecule has 0 aliphatic carbocycles. The number of aliphatic carboxylic acids is 1. The predicted molar refractivity (Wildman–Crippen MR) is 247 cm³/mol. The monoisotopic (exact) mass is 940 g/mol. The maximum atomic E-state index is 13.3. The topological polar surface area (TPSA) is 160 Å². The highest BCUT2D eigenvalue weighted by Gasteiger charge is 2.33. The van der Waals surface area contributed by atoms with Crippen LogP contribution in [0.4, 0.5) is 0 Å². The van der Waals surface area contributed by atoms with Crippen LogP contribution >= 0.6 is 34.5 Å². The van der Waals surface area contributed by atoms with Gasteiger partial charge >= 0.3 is 5.97 Å². The van der Waals surface area contributed by atoms with Crippen molar-refractivity contribution in [2.24, 2.45) is 0 Å². The Kier molecular flexibility index (Phi) is 13.1. The lowest BCUT2D eigenvalue weighted by Gasteiger charge is -2.35. The second-order valence-corrected chi connectivity index (χ2v) is 17.6. The Morgan fingerprint density at radius 1 is 0.938 bits per heavy atom. The highest BCUT2D eigenvalue weighted by molar-refractivity contribution is 7.20. The van der Waals surface area contributed by atoms with Gasteiger partial charge in [-0.2, -0.15) is 0 Å². The van der Waals surface area contributed by atoms with Crippen molar-refractivity contribution < 1.29 is 43.1 Å². The van der Waals surface area contributed by atoms with E-state index in [0.29, 0.717) is 113 Å². The smallest absolute Gasteiger partial charge is 0.345 e. The second-order valence-electron chi connectivity index (χ2n) is 15.9. The van der Waals surface area contributed by atoms with Crippen LogP contribution in [0.3, 0.4) is 0 Å². The highest BCUT2D eigenvalue weighted by Crippen LogP contribution is 2.52. The van der Waals surface area contributed by atoms with Gasteiger partial charge < -0.3 is 43.2 Å². The molecule has 10 rings (SSSR count). The summed E-state index contributed by atoms with van der Waals surface area (Å²) in [6, 6.07) is 14.5. The first-order chi connectivity index (χ1) is 31.6. The van der Waals surface area contributed by atoms with Crippen molar-refractivity contribution in [1.29, 1.82) is 0 Å². The second kappa shape index (κ2) is 19.3. The van der Waals surface area contributed by atoms with E-state index in [1.165, 1.54) is 17.7 Å². The molecule has 1 N–H and O–H groups in total. The number of halogens is 2. The number of fused-ring (bicyclic) bond motifs is 7. The minimum Gasteiger partial charge on any atom is -0.496 e. The number of para-hydroxylation sites is 1. The Labute approximate surface area is 389 Å². The summed E-state index contributed by atoms with van der Waals surface area (Å²) in [5.41, 5.74) is 4.45. The molecule has 2 atom stereocenters. The van der Waals surface area contributed by atoms with Crippen LogP contribution in [0.2, 0.25) is 10.0 Å². The molecule has 18 heteroatoms. The average molecular weight is 942 g/mol. The molecule has 0 saturated carbocycles. The molecule has 0 spiro atoms. The van der Waals surface area contributed by atoms with Gasteiger partial charge in [-0.3, -0.25) is 4.90 Å². The van der Waals surface area contributed by atoms with Crippen molar-refractivity contribution in [1.82, 2.24) is 29.7 Å². The van der Waals surface area contributed by atoms with E-state index >= 15 is 0 Å². The highest BCUT2D eigenvalue weighted by atomic mass is 35.5. The zero-order valence-electron chi connectivity index (χ0n) is 36.1. The number of carbonyl (C=O) groups is 1. The number of likely N-dealkylation sites (N-methyl/N-ethyl adjacent to an activating group) is 1. The number of nitrogens with zero attached hydrogens (tertiary/aromatic N) is 6. The average Bonchev–Trinajstić information content (AvgIpc) is 3.71. The van der Waals surface area contributed by atoms with E-state index in [1.54, 1.807) is 43.8 Å². The summed E-state index contributed by atoms with van der Waals surface area (Å²) in [4.78, 5) is 37.5. The van der Waals surface area contributed by atoms with E-state index in [4.69, 9.17) is 61.3 Å². The summed E-state index contributed by atoms with van der Waals surface area (Å²) >= 11 is 16.0. The van der Waals surface area contributed by atoms with Gasteiger partial charge in [0.15, 0.2) is 17.3 Å². The summed E-state index contributed by atoms with van der Waals surface area (Å²) in [7, 11) is 3.70. The van der Waals surface area contributed by atoms with Gasteiger partial charge in [-0.1, -0.05) is 35.3 Å². The number of rotatable bonds is 9. The Hall–Kier alpha value is -5.91. The molecule has 3 aromatic carbocycles. The lowest BCUT2D eigenvalue weighted by molar-refractivity contribution is -0.145. The van der Waals surface area contributed by atoms with Crippen LogP contribution < -0.4 is 23.7 Å². The maximum absolute atomic E-state index is 13.3. The first-order valence-electron chi connectivity index (χ1n) is 21.1. The normalized spacial score (nSPS) is 18.0. The van der Waals surface area contributed by atoms with Gasteiger partial charge in [0, 0.05) is 56.5 Å². The van der Waals surface area contributed by atoms with Gasteiger partial charge in [0.05, 0.1) is 38.7 Å². The summed E-state index contributed by atoms with van der Waals surface area (Å²) in [5.74, 6) is 1.59. The van der Waals surface area contributed by atoms with E-state index in [9.17, 15) is 9.90 Å². The van der Waals surface area contributed by atoms with Crippen LogP contribution in [0, 0.1) is 13.8 Å². The fourth-order valence-corrected chi connectivity index (χ4v) is 9.77. The SMILES string of the molecule is COc1ccccc1-c1nccc(COc2ccc3cc2C[C@H](C(=O)O)Oc2ncnc4sc(C5=COCCO5)c(c24)-c2c(C)c(Cl)c(c(Cl)c2C)O[C@H](CN2CCN(C)CC2)CO3)n1. The summed E-state index contributed by atoms with van der Waals surface area (Å²) in [5, 5.41) is 11.9. The van der Waals surface area contributed by atoms with Crippen LogP contribution in [0.5, 0.6) is 28.9 Å². The molecule has 0 unspecified atom stereocenters. The molecule has 65 heavy (non-hydrogen) atoms. The van der Waals surface area contributed by atoms with Crippen LogP contribution in [0.15, 0.2) is 67.3 Å². The van der Waals surface area contributed by atoms with E-state index in [-0.39, 0.29) is 25.5 Å². The molecular formula is C47H46Cl2N6O9S. The lowest BCUT2D eigenvalue weighted by Crippen LogP contribution is -2.49. The third-order valence-corrected chi connectivity index (χ3v) is 13.6. The number of aromatic nitrogens is 4. The number of hydrogen-bond acceptors (Lipinski definition) is 15. The zero-order chi connectivity index (χ0) is 45.2. The van der Waals surface area contributed by atoms with E-state index in [2.05, 4.69) is 31.8 Å². The fraction of sp³-hybridized carbons (Fsp3) is 0.340. The van der Waals surface area contributed by atoms with Crippen LogP contribution in [0.1, 0.15) is 27.3 Å². The zero-order valence-corrected chi connectivity index (χ0v) is 38.5. The molecule has 7 heterocycles. The number of carboxylic acids is 1. The van der Waals surface area contributed by atoms with Crippen molar-refractivity contribution in [3.63, 3.8) is 0 Å². The lowest BCUT2D eigenvalue weighted by atomic mass is 9.93. The van der Waals surface area contributed by atoms with Gasteiger partial charge in [-0.25, -0.2) is 24.7 Å². The standard InChI is InChI=1S/C47H46Cl2N6O9S/c1-26-37-27(2)41(49)42(40(26)48)63-31(21-55-15-13-54(3)14-16-55)23-61-30-9-10-33(62-22-29-11-12-50-44(53-29)32-7-5-6-8-34(32)58-4)28(19-30)20-35(47(56)57)64-45-39-38(37)43(36-24-59-17-18-60-36)65-46(39)52-25-51-45/h5-12,19,24-25,31,35H,13-18,20-23H2,1-4H3,(H,56,57)/t31-,35-/m1/s1. The number of ether oxygens (including phenoxy) is 7. The largest absolute Gasteiger partial charge is 0.496 e. The quantitative estimate of drug-likeness (QED) is 0.148. The van der Waals surface area contributed by atoms with Crippen LogP contribution in [-0.4, -0.2) is 120 Å². The number of benzene rings is 3. The minimum atomic E-state index is -1.45. The van der Waals surface area contributed by atoms with Gasteiger partial charge in [0.25, 0.3) is 0 Å². The molecule has 15 nitrogen and oxygen atoms in total. The van der Waals surface area contributed by atoms with Gasteiger partial charge in [0.1, 0.15) is 67.2 Å². The molecule has 1 saturated heterocycles. The molecule has 1 fully saturated rings. The Bertz CT molecular complexity index is 2750. The summed E-state index contributed by atoms with van der Waals surface area (Å²) in [6.07, 6.45) is 2.46. The Morgan fingerprint density at radius 3 is 2.49 bits per heavy atom.